The predicted molar refractivity (Wildman–Crippen MR) is 125 cm³/mol. The number of carbonyl (C=O) groups excluding carboxylic acids is 1. The lowest BCUT2D eigenvalue weighted by molar-refractivity contribution is 0.103. The van der Waals surface area contributed by atoms with Crippen LogP contribution in [-0.2, 0) is 0 Å². The Labute approximate surface area is 186 Å². The molecule has 0 saturated heterocycles. The molecule has 160 valence electrons. The number of nitrogens with one attached hydrogen (secondary N) is 2. The van der Waals surface area contributed by atoms with Gasteiger partial charge in [-0.3, -0.25) is 10.2 Å². The van der Waals surface area contributed by atoms with E-state index in [-0.39, 0.29) is 11.6 Å². The molecular formula is C24H25FN4OS. The second kappa shape index (κ2) is 9.39. The van der Waals surface area contributed by atoms with Crippen molar-refractivity contribution in [2.45, 2.75) is 45.1 Å². The average Bonchev–Trinajstić information content (AvgIpc) is 3.06. The summed E-state index contributed by atoms with van der Waals surface area (Å²) >= 11 is 5.37. The smallest absolute Gasteiger partial charge is 0.210 e. The highest BCUT2D eigenvalue weighted by Crippen LogP contribution is 2.24. The molecule has 0 radical (unpaired) electrons. The molecule has 1 fully saturated rings. The van der Waals surface area contributed by atoms with Crippen LogP contribution in [0.3, 0.4) is 0 Å². The van der Waals surface area contributed by atoms with Crippen molar-refractivity contribution in [2.75, 3.05) is 0 Å². The minimum atomic E-state index is -0.370. The summed E-state index contributed by atoms with van der Waals surface area (Å²) in [5, 5.41) is 8.15. The largest absolute Gasteiger partial charge is 0.359 e. The second-order valence-corrected chi connectivity index (χ2v) is 8.27. The Bertz CT molecular complexity index is 1130. The number of rotatable bonds is 5. The minimum absolute atomic E-state index is 0.166. The van der Waals surface area contributed by atoms with Gasteiger partial charge in [-0.05, 0) is 73.9 Å². The molecule has 3 aromatic rings. The number of carbonyl (C=O) groups is 1. The minimum Gasteiger partial charge on any atom is -0.359 e. The lowest BCUT2D eigenvalue weighted by Gasteiger charge is -2.23. The van der Waals surface area contributed by atoms with Gasteiger partial charge >= 0.3 is 0 Å². The Hall–Kier alpha value is -3.06. The van der Waals surface area contributed by atoms with E-state index in [2.05, 4.69) is 15.8 Å². The van der Waals surface area contributed by atoms with Crippen molar-refractivity contribution in [3.63, 3.8) is 0 Å². The first-order chi connectivity index (χ1) is 15.0. The molecule has 7 heteroatoms. The van der Waals surface area contributed by atoms with E-state index in [0.717, 1.165) is 29.5 Å². The van der Waals surface area contributed by atoms with Gasteiger partial charge in [0.2, 0.25) is 5.78 Å². The van der Waals surface area contributed by atoms with Gasteiger partial charge in [0.15, 0.2) is 5.11 Å². The number of aromatic nitrogens is 1. The number of hydrazone groups is 1. The molecule has 0 spiro atoms. The van der Waals surface area contributed by atoms with Gasteiger partial charge in [0, 0.05) is 23.4 Å². The molecule has 0 amide bonds. The zero-order valence-electron chi connectivity index (χ0n) is 17.4. The SMILES string of the molecule is Cc1c(/C=N/NC(=S)NC2CCCCC2)c2ccccn2c1C(=O)c1ccc(F)cc1. The van der Waals surface area contributed by atoms with E-state index < -0.39 is 0 Å². The van der Waals surface area contributed by atoms with Gasteiger partial charge in [-0.25, -0.2) is 4.39 Å². The highest BCUT2D eigenvalue weighted by molar-refractivity contribution is 7.80. The molecule has 31 heavy (non-hydrogen) atoms. The number of nitrogens with zero attached hydrogens (tertiary/aromatic N) is 2. The maximum atomic E-state index is 13.3. The van der Waals surface area contributed by atoms with Gasteiger partial charge in [0.05, 0.1) is 17.4 Å². The van der Waals surface area contributed by atoms with Gasteiger partial charge in [-0.15, -0.1) is 0 Å². The molecule has 2 heterocycles. The molecule has 5 nitrogen and oxygen atoms in total. The van der Waals surface area contributed by atoms with Crippen LogP contribution in [0.4, 0.5) is 4.39 Å². The third-order valence-electron chi connectivity index (χ3n) is 5.76. The van der Waals surface area contributed by atoms with Gasteiger partial charge in [-0.2, -0.15) is 5.10 Å². The highest BCUT2D eigenvalue weighted by Gasteiger charge is 2.21. The van der Waals surface area contributed by atoms with Crippen molar-refractivity contribution in [2.24, 2.45) is 5.10 Å². The fraction of sp³-hybridized carbons (Fsp3) is 0.292. The molecule has 2 aromatic heterocycles. The van der Waals surface area contributed by atoms with Gasteiger partial charge in [0.25, 0.3) is 0 Å². The molecule has 0 atom stereocenters. The fourth-order valence-electron chi connectivity index (χ4n) is 4.16. The number of hydrogen-bond acceptors (Lipinski definition) is 3. The molecule has 1 aromatic carbocycles. The maximum absolute atomic E-state index is 13.3. The van der Waals surface area contributed by atoms with Crippen molar-refractivity contribution in [1.82, 2.24) is 15.1 Å². The van der Waals surface area contributed by atoms with Gasteiger partial charge in [-0.1, -0.05) is 25.3 Å². The van der Waals surface area contributed by atoms with Crippen molar-refractivity contribution in [3.05, 3.63) is 76.9 Å². The third-order valence-corrected chi connectivity index (χ3v) is 5.97. The van der Waals surface area contributed by atoms with E-state index in [1.54, 1.807) is 6.21 Å². The van der Waals surface area contributed by atoms with Crippen LogP contribution in [0.5, 0.6) is 0 Å². The number of benzene rings is 1. The summed E-state index contributed by atoms with van der Waals surface area (Å²) in [5.41, 5.74) is 6.37. The highest BCUT2D eigenvalue weighted by atomic mass is 32.1. The summed E-state index contributed by atoms with van der Waals surface area (Å²) in [4.78, 5) is 13.2. The Morgan fingerprint density at radius 2 is 1.90 bits per heavy atom. The summed E-state index contributed by atoms with van der Waals surface area (Å²) < 4.78 is 15.1. The summed E-state index contributed by atoms with van der Waals surface area (Å²) in [6, 6.07) is 11.7. The predicted octanol–water partition coefficient (Wildman–Crippen LogP) is 4.75. The van der Waals surface area contributed by atoms with E-state index in [1.165, 1.54) is 43.5 Å². The van der Waals surface area contributed by atoms with Gasteiger partial charge < -0.3 is 9.72 Å². The lowest BCUT2D eigenvalue weighted by atomic mass is 9.96. The first-order valence-corrected chi connectivity index (χ1v) is 10.9. The first kappa shape index (κ1) is 21.2. The standard InChI is InChI=1S/C24H25FN4OS/c1-16-20(15-26-28-24(31)27-19-7-3-2-4-8-19)21-9-5-6-14-29(21)22(16)23(30)17-10-12-18(25)13-11-17/h5-6,9-15,19H,2-4,7-8H2,1H3,(H2,27,28,31)/b26-15+. The Morgan fingerprint density at radius 1 is 1.16 bits per heavy atom. The fourth-order valence-corrected chi connectivity index (χ4v) is 4.38. The van der Waals surface area contributed by atoms with Crippen LogP contribution in [0.15, 0.2) is 53.8 Å². The number of ketones is 1. The van der Waals surface area contributed by atoms with Crippen molar-refractivity contribution < 1.29 is 9.18 Å². The monoisotopic (exact) mass is 436 g/mol. The Kier molecular flexibility index (Phi) is 6.42. The quantitative estimate of drug-likeness (QED) is 0.262. The number of fused-ring (bicyclic) bond motifs is 1. The number of thiocarbonyl (C=S) groups is 1. The Balaban J connectivity index is 1.57. The summed E-state index contributed by atoms with van der Waals surface area (Å²) in [6.45, 7) is 1.89. The van der Waals surface area contributed by atoms with Crippen molar-refractivity contribution in [1.29, 1.82) is 0 Å². The normalized spacial score (nSPS) is 14.8. The molecule has 1 aliphatic carbocycles. The third kappa shape index (κ3) is 4.66. The van der Waals surface area contributed by atoms with Crippen LogP contribution in [0.25, 0.3) is 5.52 Å². The number of hydrogen-bond donors (Lipinski definition) is 2. The molecular weight excluding hydrogens is 411 g/mol. The Morgan fingerprint density at radius 3 is 2.65 bits per heavy atom. The van der Waals surface area contributed by atoms with Crippen LogP contribution < -0.4 is 10.7 Å². The zero-order valence-corrected chi connectivity index (χ0v) is 18.2. The molecule has 4 rings (SSSR count). The zero-order chi connectivity index (χ0) is 21.8. The van der Waals surface area contributed by atoms with Crippen molar-refractivity contribution >= 4 is 34.8 Å². The summed E-state index contributed by atoms with van der Waals surface area (Å²) in [6.07, 6.45) is 9.54. The average molecular weight is 437 g/mol. The van der Waals surface area contributed by atoms with Crippen LogP contribution in [0.2, 0.25) is 0 Å². The van der Waals surface area contributed by atoms with Crippen LogP contribution >= 0.6 is 12.2 Å². The number of pyridine rings is 1. The lowest BCUT2D eigenvalue weighted by Crippen LogP contribution is -2.40. The summed E-state index contributed by atoms with van der Waals surface area (Å²) in [5.74, 6) is -0.536. The second-order valence-electron chi connectivity index (χ2n) is 7.86. The van der Waals surface area contributed by atoms with Crippen LogP contribution in [0.1, 0.15) is 59.3 Å². The van der Waals surface area contributed by atoms with Crippen LogP contribution in [-0.4, -0.2) is 27.6 Å². The van der Waals surface area contributed by atoms with Crippen molar-refractivity contribution in [3.8, 4) is 0 Å². The van der Waals surface area contributed by atoms with E-state index in [0.29, 0.717) is 22.4 Å². The first-order valence-electron chi connectivity index (χ1n) is 10.5. The molecule has 0 unspecified atom stereocenters. The van der Waals surface area contributed by atoms with Gasteiger partial charge in [0.1, 0.15) is 5.82 Å². The molecule has 1 saturated carbocycles. The van der Waals surface area contributed by atoms with E-state index in [9.17, 15) is 9.18 Å². The van der Waals surface area contributed by atoms with E-state index in [1.807, 2.05) is 35.7 Å². The van der Waals surface area contributed by atoms with E-state index in [4.69, 9.17) is 12.2 Å². The summed E-state index contributed by atoms with van der Waals surface area (Å²) in [7, 11) is 0. The van der Waals surface area contributed by atoms with Crippen LogP contribution in [0, 0.1) is 12.7 Å². The molecule has 1 aliphatic rings. The van der Waals surface area contributed by atoms with E-state index >= 15 is 0 Å². The maximum Gasteiger partial charge on any atom is 0.210 e. The molecule has 0 aliphatic heterocycles. The number of halogens is 1. The molecule has 2 N–H and O–H groups in total. The topological polar surface area (TPSA) is 57.9 Å². The molecule has 0 bridgehead atoms.